The minimum Gasteiger partial charge on any atom is -0.356 e. The summed E-state index contributed by atoms with van der Waals surface area (Å²) in [6, 6.07) is 0. The molecular weight excluding hydrogens is 208 g/mol. The lowest BCUT2D eigenvalue weighted by Crippen LogP contribution is -2.24. The van der Waals surface area contributed by atoms with Crippen molar-refractivity contribution in [2.75, 3.05) is 6.54 Å². The number of amides is 1. The van der Waals surface area contributed by atoms with Gasteiger partial charge in [0.2, 0.25) is 5.91 Å². The first-order valence-electron chi connectivity index (χ1n) is 5.46. The Balaban J connectivity index is 2.04. The molecule has 0 saturated carbocycles. The second-order valence-electron chi connectivity index (χ2n) is 3.54. The van der Waals surface area contributed by atoms with Crippen LogP contribution in [0.25, 0.3) is 0 Å². The highest BCUT2D eigenvalue weighted by molar-refractivity contribution is 7.07. The lowest BCUT2D eigenvalue weighted by atomic mass is 10.2. The summed E-state index contributed by atoms with van der Waals surface area (Å²) >= 11 is 1.57. The minimum absolute atomic E-state index is 0.138. The average Bonchev–Trinajstić information content (AvgIpc) is 2.74. The molecule has 1 aromatic rings. The van der Waals surface area contributed by atoms with Gasteiger partial charge in [0, 0.05) is 18.3 Å². The Bertz CT molecular complexity index is 272. The molecular formula is C11H18N2OS. The van der Waals surface area contributed by atoms with Gasteiger partial charge in [-0.3, -0.25) is 4.79 Å². The van der Waals surface area contributed by atoms with E-state index in [1.165, 1.54) is 12.8 Å². The molecule has 1 N–H and O–H groups in total. The molecule has 15 heavy (non-hydrogen) atoms. The van der Waals surface area contributed by atoms with Crippen LogP contribution < -0.4 is 5.32 Å². The molecule has 0 saturated heterocycles. The minimum atomic E-state index is 0.138. The van der Waals surface area contributed by atoms with Crippen LogP contribution in [-0.2, 0) is 11.2 Å². The van der Waals surface area contributed by atoms with Crippen molar-refractivity contribution in [1.82, 2.24) is 10.3 Å². The fraction of sp³-hybridized carbons (Fsp3) is 0.636. The van der Waals surface area contributed by atoms with Crippen LogP contribution in [-0.4, -0.2) is 17.4 Å². The Morgan fingerprint density at radius 2 is 2.40 bits per heavy atom. The van der Waals surface area contributed by atoms with Crippen LogP contribution in [0.3, 0.4) is 0 Å². The quantitative estimate of drug-likeness (QED) is 0.725. The molecule has 4 heteroatoms. The molecule has 84 valence electrons. The molecule has 0 radical (unpaired) electrons. The summed E-state index contributed by atoms with van der Waals surface area (Å²) in [6.45, 7) is 2.97. The van der Waals surface area contributed by atoms with Crippen molar-refractivity contribution in [3.63, 3.8) is 0 Å². The predicted octanol–water partition coefficient (Wildman–Crippen LogP) is 2.38. The first-order valence-corrected chi connectivity index (χ1v) is 6.41. The van der Waals surface area contributed by atoms with E-state index in [1.807, 2.05) is 5.38 Å². The zero-order chi connectivity index (χ0) is 10.9. The highest BCUT2D eigenvalue weighted by Crippen LogP contribution is 2.03. The van der Waals surface area contributed by atoms with Crippen molar-refractivity contribution in [3.05, 3.63) is 16.6 Å². The van der Waals surface area contributed by atoms with Gasteiger partial charge in [-0.2, -0.15) is 0 Å². The molecule has 0 aliphatic heterocycles. The van der Waals surface area contributed by atoms with Gasteiger partial charge in [-0.15, -0.1) is 11.3 Å². The standard InChI is InChI=1S/C11H18N2OS/c1-2-3-4-7-12-11(14)6-5-10-8-15-9-13-10/h8-9H,2-7H2,1H3,(H,12,14). The molecule has 1 amide bonds. The fourth-order valence-corrected chi connectivity index (χ4v) is 1.89. The number of aryl methyl sites for hydroxylation is 1. The Kier molecular flexibility index (Phi) is 6.00. The molecule has 1 rings (SSSR count). The second-order valence-corrected chi connectivity index (χ2v) is 4.26. The molecule has 0 bridgehead atoms. The van der Waals surface area contributed by atoms with Crippen molar-refractivity contribution >= 4 is 17.2 Å². The van der Waals surface area contributed by atoms with E-state index in [-0.39, 0.29) is 5.91 Å². The number of carbonyl (C=O) groups excluding carboxylic acids is 1. The number of unbranched alkanes of at least 4 members (excludes halogenated alkanes) is 2. The second kappa shape index (κ2) is 7.40. The Morgan fingerprint density at radius 3 is 3.07 bits per heavy atom. The van der Waals surface area contributed by atoms with E-state index in [0.29, 0.717) is 6.42 Å². The van der Waals surface area contributed by atoms with Gasteiger partial charge < -0.3 is 5.32 Å². The van der Waals surface area contributed by atoms with Crippen molar-refractivity contribution in [1.29, 1.82) is 0 Å². The molecule has 1 heterocycles. The molecule has 1 aromatic heterocycles. The maximum atomic E-state index is 11.4. The van der Waals surface area contributed by atoms with Gasteiger partial charge in [0.25, 0.3) is 0 Å². The Morgan fingerprint density at radius 1 is 1.53 bits per heavy atom. The van der Waals surface area contributed by atoms with Gasteiger partial charge in [0.1, 0.15) is 0 Å². The number of hydrogen-bond donors (Lipinski definition) is 1. The maximum absolute atomic E-state index is 11.4. The third-order valence-corrected chi connectivity index (χ3v) is 2.83. The first-order chi connectivity index (χ1) is 7.33. The van der Waals surface area contributed by atoms with Gasteiger partial charge >= 0.3 is 0 Å². The van der Waals surface area contributed by atoms with Crippen LogP contribution in [0, 0.1) is 0 Å². The van der Waals surface area contributed by atoms with E-state index >= 15 is 0 Å². The number of rotatable bonds is 7. The summed E-state index contributed by atoms with van der Waals surface area (Å²) in [5.41, 5.74) is 2.82. The van der Waals surface area contributed by atoms with Crippen LogP contribution in [0.1, 0.15) is 38.3 Å². The molecule has 0 unspecified atom stereocenters. The first kappa shape index (κ1) is 12.2. The SMILES string of the molecule is CCCCCNC(=O)CCc1cscn1. The number of hydrogen-bond acceptors (Lipinski definition) is 3. The van der Waals surface area contributed by atoms with E-state index in [0.717, 1.165) is 25.1 Å². The number of aromatic nitrogens is 1. The normalized spacial score (nSPS) is 10.2. The Hall–Kier alpha value is -0.900. The third-order valence-electron chi connectivity index (χ3n) is 2.19. The molecule has 3 nitrogen and oxygen atoms in total. The number of nitrogens with one attached hydrogen (secondary N) is 1. The summed E-state index contributed by atoms with van der Waals surface area (Å²) in [4.78, 5) is 15.5. The van der Waals surface area contributed by atoms with Gasteiger partial charge in [-0.25, -0.2) is 4.98 Å². The third kappa shape index (κ3) is 5.52. The lowest BCUT2D eigenvalue weighted by molar-refractivity contribution is -0.121. The van der Waals surface area contributed by atoms with E-state index in [9.17, 15) is 4.79 Å². The highest BCUT2D eigenvalue weighted by Gasteiger charge is 2.02. The Labute approximate surface area is 94.9 Å². The topological polar surface area (TPSA) is 42.0 Å². The van der Waals surface area contributed by atoms with Crippen LogP contribution >= 0.6 is 11.3 Å². The van der Waals surface area contributed by atoms with Crippen LogP contribution in [0.4, 0.5) is 0 Å². The summed E-state index contributed by atoms with van der Waals surface area (Å²) in [6.07, 6.45) is 4.76. The van der Waals surface area contributed by atoms with Crippen molar-refractivity contribution in [3.8, 4) is 0 Å². The maximum Gasteiger partial charge on any atom is 0.220 e. The summed E-state index contributed by atoms with van der Waals surface area (Å²) in [7, 11) is 0. The van der Waals surface area contributed by atoms with E-state index in [1.54, 1.807) is 16.8 Å². The van der Waals surface area contributed by atoms with E-state index < -0.39 is 0 Å². The largest absolute Gasteiger partial charge is 0.356 e. The number of nitrogens with zero attached hydrogens (tertiary/aromatic N) is 1. The van der Waals surface area contributed by atoms with Gasteiger partial charge in [0.15, 0.2) is 0 Å². The zero-order valence-corrected chi connectivity index (χ0v) is 9.98. The lowest BCUT2D eigenvalue weighted by Gasteiger charge is -2.03. The van der Waals surface area contributed by atoms with Crippen molar-refractivity contribution in [2.24, 2.45) is 0 Å². The molecule has 0 aromatic carbocycles. The molecule has 0 aliphatic carbocycles. The van der Waals surface area contributed by atoms with E-state index in [2.05, 4.69) is 17.2 Å². The van der Waals surface area contributed by atoms with Gasteiger partial charge in [0.05, 0.1) is 11.2 Å². The molecule has 0 fully saturated rings. The highest BCUT2D eigenvalue weighted by atomic mass is 32.1. The van der Waals surface area contributed by atoms with Gasteiger partial charge in [-0.05, 0) is 12.8 Å². The van der Waals surface area contributed by atoms with Crippen LogP contribution in [0.5, 0.6) is 0 Å². The summed E-state index contributed by atoms with van der Waals surface area (Å²) in [5.74, 6) is 0.138. The molecule has 0 aliphatic rings. The van der Waals surface area contributed by atoms with Crippen molar-refractivity contribution in [2.45, 2.75) is 39.0 Å². The van der Waals surface area contributed by atoms with E-state index in [4.69, 9.17) is 0 Å². The van der Waals surface area contributed by atoms with Gasteiger partial charge in [-0.1, -0.05) is 19.8 Å². The molecule has 0 atom stereocenters. The fourth-order valence-electron chi connectivity index (χ4n) is 1.29. The zero-order valence-electron chi connectivity index (χ0n) is 9.16. The predicted molar refractivity (Wildman–Crippen MR) is 63.0 cm³/mol. The monoisotopic (exact) mass is 226 g/mol. The number of carbonyl (C=O) groups is 1. The smallest absolute Gasteiger partial charge is 0.220 e. The van der Waals surface area contributed by atoms with Crippen LogP contribution in [0.2, 0.25) is 0 Å². The summed E-state index contributed by atoms with van der Waals surface area (Å²) in [5, 5.41) is 4.91. The summed E-state index contributed by atoms with van der Waals surface area (Å²) < 4.78 is 0. The van der Waals surface area contributed by atoms with Crippen LogP contribution in [0.15, 0.2) is 10.9 Å². The van der Waals surface area contributed by atoms with Crippen molar-refractivity contribution < 1.29 is 4.79 Å². The molecule has 0 spiro atoms. The average molecular weight is 226 g/mol. The number of thiazole rings is 1.